The number of methoxy groups -OCH3 is 2. The second-order valence-corrected chi connectivity index (χ2v) is 10.6. The summed E-state index contributed by atoms with van der Waals surface area (Å²) >= 11 is 0. The predicted octanol–water partition coefficient (Wildman–Crippen LogP) is 3.23. The summed E-state index contributed by atoms with van der Waals surface area (Å²) in [6.07, 6.45) is 4.36. The van der Waals surface area contributed by atoms with Crippen LogP contribution in [0.5, 0.6) is 0 Å². The summed E-state index contributed by atoms with van der Waals surface area (Å²) in [5, 5.41) is 18.0. The Balaban J connectivity index is 2.68. The molecule has 0 saturated carbocycles. The molecule has 2 aliphatic rings. The number of nitrogens with one attached hydrogen (secondary N) is 1. The molecule has 1 aliphatic carbocycles. The van der Waals surface area contributed by atoms with Gasteiger partial charge in [-0.2, -0.15) is 0 Å². The Labute approximate surface area is 253 Å². The highest BCUT2D eigenvalue weighted by atomic mass is 16.6. The number of hydrogen-bond acceptors (Lipinski definition) is 10. The SMILES string of the molecule is CCOC1=C2C[C@@H](C)C[C@H](OC)[C@H](O)[C@@H](C)/C=C(\C)[C@H](OC(N)=O)[C@@H](OC)/C=C\C=C(/C)C(=O)NC(=C/C1=N\OC)C2=O. The summed E-state index contributed by atoms with van der Waals surface area (Å²) in [6, 6.07) is 0. The Morgan fingerprint density at radius 2 is 1.86 bits per heavy atom. The van der Waals surface area contributed by atoms with Crippen LogP contribution in [0.1, 0.15) is 47.5 Å². The van der Waals surface area contributed by atoms with Gasteiger partial charge < -0.3 is 39.9 Å². The van der Waals surface area contributed by atoms with Crippen molar-refractivity contribution in [2.45, 2.75) is 71.9 Å². The highest BCUT2D eigenvalue weighted by Gasteiger charge is 2.34. The maximum Gasteiger partial charge on any atom is 0.405 e. The van der Waals surface area contributed by atoms with Crippen LogP contribution in [0.2, 0.25) is 0 Å². The molecule has 0 fully saturated rings. The quantitative estimate of drug-likeness (QED) is 0.234. The third-order valence-corrected chi connectivity index (χ3v) is 7.24. The van der Waals surface area contributed by atoms with Crippen molar-refractivity contribution in [3.05, 3.63) is 58.6 Å². The second-order valence-electron chi connectivity index (χ2n) is 10.6. The fraction of sp³-hybridized carbons (Fsp3) is 0.548. The first-order valence-corrected chi connectivity index (χ1v) is 14.2. The van der Waals surface area contributed by atoms with E-state index in [9.17, 15) is 19.5 Å². The lowest BCUT2D eigenvalue weighted by molar-refractivity contribution is -0.119. The highest BCUT2D eigenvalue weighted by molar-refractivity contribution is 6.24. The summed E-state index contributed by atoms with van der Waals surface area (Å²) < 4.78 is 22.5. The van der Waals surface area contributed by atoms with Crippen molar-refractivity contribution < 1.29 is 43.3 Å². The van der Waals surface area contributed by atoms with Gasteiger partial charge in [-0.25, -0.2) is 4.79 Å². The molecule has 0 radical (unpaired) electrons. The van der Waals surface area contributed by atoms with Crippen molar-refractivity contribution in [2.75, 3.05) is 27.9 Å². The Morgan fingerprint density at radius 1 is 1.16 bits per heavy atom. The van der Waals surface area contributed by atoms with E-state index >= 15 is 0 Å². The molecule has 0 aromatic rings. The maximum absolute atomic E-state index is 13.7. The number of aliphatic hydroxyl groups excluding tert-OH is 1. The van der Waals surface area contributed by atoms with E-state index in [1.165, 1.54) is 33.5 Å². The van der Waals surface area contributed by atoms with Crippen LogP contribution in [0.4, 0.5) is 4.79 Å². The highest BCUT2D eigenvalue weighted by Crippen LogP contribution is 2.30. The monoisotopic (exact) mass is 603 g/mol. The lowest BCUT2D eigenvalue weighted by Gasteiger charge is -2.30. The van der Waals surface area contributed by atoms with E-state index in [2.05, 4.69) is 10.5 Å². The number of rotatable bonds is 6. The minimum absolute atomic E-state index is 0.0163. The van der Waals surface area contributed by atoms with Gasteiger partial charge in [-0.1, -0.05) is 43.3 Å². The second kappa shape index (κ2) is 16.8. The Bertz CT molecular complexity index is 1210. The number of ketones is 1. The molecule has 6 atom stereocenters. The molecule has 0 saturated heterocycles. The van der Waals surface area contributed by atoms with Crippen molar-refractivity contribution >= 4 is 23.5 Å². The summed E-state index contributed by atoms with van der Waals surface area (Å²) in [5.41, 5.74) is 6.85. The first kappa shape index (κ1) is 35.5. The van der Waals surface area contributed by atoms with Gasteiger partial charge in [0.15, 0.2) is 11.9 Å². The number of aliphatic hydroxyl groups is 1. The number of Topliss-reactive ketones (excluding diaryl/α,β-unsaturated/α-hetero) is 1. The van der Waals surface area contributed by atoms with E-state index in [-0.39, 0.29) is 41.7 Å². The zero-order valence-corrected chi connectivity index (χ0v) is 26.2. The molecule has 2 bridgehead atoms. The zero-order chi connectivity index (χ0) is 32.3. The Hall–Kier alpha value is -3.74. The van der Waals surface area contributed by atoms with Crippen molar-refractivity contribution in [1.29, 1.82) is 0 Å². The zero-order valence-electron chi connectivity index (χ0n) is 26.2. The first-order chi connectivity index (χ1) is 20.4. The summed E-state index contributed by atoms with van der Waals surface area (Å²) in [4.78, 5) is 43.6. The van der Waals surface area contributed by atoms with Gasteiger partial charge in [0.05, 0.1) is 24.5 Å². The number of carbonyl (C=O) groups excluding carboxylic acids is 3. The fourth-order valence-corrected chi connectivity index (χ4v) is 5.04. The topological polar surface area (TPSA) is 168 Å². The van der Waals surface area contributed by atoms with Crippen molar-refractivity contribution in [2.24, 2.45) is 22.7 Å². The average molecular weight is 604 g/mol. The minimum atomic E-state index is -0.990. The number of oxime groups is 1. The van der Waals surface area contributed by atoms with Crippen LogP contribution in [-0.4, -0.2) is 81.0 Å². The number of allylic oxidation sites excluding steroid dienone is 4. The van der Waals surface area contributed by atoms with Gasteiger partial charge in [0.25, 0.3) is 5.91 Å². The van der Waals surface area contributed by atoms with Gasteiger partial charge in [0, 0.05) is 31.3 Å². The molecule has 0 spiro atoms. The smallest absolute Gasteiger partial charge is 0.405 e. The number of fused-ring (bicyclic) bond motifs is 2. The molecule has 2 rings (SSSR count). The third-order valence-electron chi connectivity index (χ3n) is 7.24. The van der Waals surface area contributed by atoms with Crippen LogP contribution in [-0.2, 0) is 33.4 Å². The first-order valence-electron chi connectivity index (χ1n) is 14.2. The number of nitrogens with zero attached hydrogens (tertiary/aromatic N) is 1. The van der Waals surface area contributed by atoms with E-state index in [1.54, 1.807) is 39.0 Å². The predicted molar refractivity (Wildman–Crippen MR) is 161 cm³/mol. The van der Waals surface area contributed by atoms with Crippen LogP contribution in [0.3, 0.4) is 0 Å². The molecule has 0 aromatic heterocycles. The van der Waals surface area contributed by atoms with Gasteiger partial charge in [0.1, 0.15) is 18.9 Å². The van der Waals surface area contributed by atoms with Crippen LogP contribution in [0, 0.1) is 11.8 Å². The lowest BCUT2D eigenvalue weighted by atomic mass is 9.85. The molecule has 238 valence electrons. The van der Waals surface area contributed by atoms with E-state index < -0.39 is 48.1 Å². The summed E-state index contributed by atoms with van der Waals surface area (Å²) in [6.45, 7) is 9.15. The minimum Gasteiger partial charge on any atom is -0.491 e. The molecule has 1 aliphatic heterocycles. The van der Waals surface area contributed by atoms with Crippen molar-refractivity contribution in [3.8, 4) is 0 Å². The molecular weight excluding hydrogens is 558 g/mol. The molecule has 1 heterocycles. The molecular formula is C31H45N3O9. The van der Waals surface area contributed by atoms with Crippen molar-refractivity contribution in [3.63, 3.8) is 0 Å². The maximum atomic E-state index is 13.7. The third kappa shape index (κ3) is 9.63. The summed E-state index contributed by atoms with van der Waals surface area (Å²) in [5.74, 6) is -1.24. The van der Waals surface area contributed by atoms with Gasteiger partial charge >= 0.3 is 6.09 Å². The molecule has 4 N–H and O–H groups in total. The fourth-order valence-electron chi connectivity index (χ4n) is 5.04. The lowest BCUT2D eigenvalue weighted by Crippen LogP contribution is -2.37. The molecule has 2 amide bonds. The number of ether oxygens (including phenoxy) is 4. The standard InChI is InChI=1S/C31H45N3O9/c1-9-42-29-21-13-17(2)14-25(40-7)26(35)19(4)15-20(5)28(43-31(32)38)24(39-6)12-10-11-18(3)30(37)33-22(27(21)36)16-23(29)34-41-8/h10-12,15-17,19,24-26,28,35H,9,13-14H2,1-8H3,(H2,32,38)(H,33,37)/b12-10-,18-11+,20-15+,34-23+/t17-,19+,24+,25+,26-,28+/m1/s1. The van der Waals surface area contributed by atoms with Crippen LogP contribution in [0.25, 0.3) is 0 Å². The average Bonchev–Trinajstić information content (AvgIpc) is 2.96. The van der Waals surface area contributed by atoms with E-state index in [4.69, 9.17) is 29.5 Å². The number of nitrogens with two attached hydrogens (primary N) is 1. The van der Waals surface area contributed by atoms with Gasteiger partial charge in [-0.3, -0.25) is 9.59 Å². The summed E-state index contributed by atoms with van der Waals surface area (Å²) in [7, 11) is 4.33. The molecule has 0 aromatic carbocycles. The van der Waals surface area contributed by atoms with E-state index in [1.807, 2.05) is 13.8 Å². The van der Waals surface area contributed by atoms with E-state index in [0.29, 0.717) is 17.6 Å². The van der Waals surface area contributed by atoms with Crippen LogP contribution < -0.4 is 11.1 Å². The normalized spacial score (nSPS) is 32.1. The van der Waals surface area contributed by atoms with E-state index in [0.717, 1.165) is 0 Å². The van der Waals surface area contributed by atoms with Crippen molar-refractivity contribution in [1.82, 2.24) is 5.32 Å². The molecule has 12 nitrogen and oxygen atoms in total. The number of amides is 2. The Kier molecular flexibility index (Phi) is 13.8. The number of primary amides is 1. The number of hydrogen-bond donors (Lipinski definition) is 3. The van der Waals surface area contributed by atoms with Gasteiger partial charge in [-0.05, 0) is 51.2 Å². The largest absolute Gasteiger partial charge is 0.491 e. The van der Waals surface area contributed by atoms with Crippen LogP contribution >= 0.6 is 0 Å². The molecule has 43 heavy (non-hydrogen) atoms. The van der Waals surface area contributed by atoms with Crippen LogP contribution in [0.15, 0.2) is 63.7 Å². The van der Waals surface area contributed by atoms with Gasteiger partial charge in [0.2, 0.25) is 5.78 Å². The number of carbonyl (C=O) groups is 3. The molecule has 0 unspecified atom stereocenters. The Morgan fingerprint density at radius 3 is 2.44 bits per heavy atom. The molecule has 12 heteroatoms. The van der Waals surface area contributed by atoms with Gasteiger partial charge in [-0.15, -0.1) is 0 Å².